The predicted molar refractivity (Wildman–Crippen MR) is 121 cm³/mol. The van der Waals surface area contributed by atoms with Gasteiger partial charge in [-0.15, -0.1) is 0 Å². The summed E-state index contributed by atoms with van der Waals surface area (Å²) >= 11 is 0. The van der Waals surface area contributed by atoms with Crippen LogP contribution in [0, 0.1) is 0 Å². The van der Waals surface area contributed by atoms with Crippen LogP contribution >= 0.6 is 0 Å². The van der Waals surface area contributed by atoms with E-state index in [2.05, 4.69) is 0 Å². The third kappa shape index (κ3) is 7.44. The molecule has 0 N–H and O–H groups in total. The molecule has 0 heterocycles. The minimum atomic E-state index is -0.732. The standard InChI is InChI=1S/C27H30O4/c1-2-25(29-19-22-12-6-3-7-13-22)27(31-21-24-16-10-5-11-17-24)26(18-28)30-20-23-14-8-4-9-15-23/h3-18,25-27H,2,19-21H2,1H3/t25-,26-,27+/m1/s1. The first-order valence-electron chi connectivity index (χ1n) is 10.7. The second-order valence-corrected chi connectivity index (χ2v) is 7.40. The summed E-state index contributed by atoms with van der Waals surface area (Å²) in [6.45, 7) is 3.21. The van der Waals surface area contributed by atoms with Crippen LogP contribution in [0.25, 0.3) is 0 Å². The zero-order valence-corrected chi connectivity index (χ0v) is 17.9. The quantitative estimate of drug-likeness (QED) is 0.351. The Kier molecular flexibility index (Phi) is 9.45. The zero-order chi connectivity index (χ0) is 21.7. The summed E-state index contributed by atoms with van der Waals surface area (Å²) in [6, 6.07) is 29.7. The average molecular weight is 419 g/mol. The van der Waals surface area contributed by atoms with Crippen LogP contribution in [0.3, 0.4) is 0 Å². The summed E-state index contributed by atoms with van der Waals surface area (Å²) in [5, 5.41) is 0. The van der Waals surface area contributed by atoms with Gasteiger partial charge >= 0.3 is 0 Å². The molecule has 0 saturated carbocycles. The molecule has 4 nitrogen and oxygen atoms in total. The molecular formula is C27H30O4. The first kappa shape index (κ1) is 22.9. The Balaban J connectivity index is 1.71. The van der Waals surface area contributed by atoms with Crippen molar-refractivity contribution in [2.45, 2.75) is 51.5 Å². The van der Waals surface area contributed by atoms with Crippen molar-refractivity contribution in [1.29, 1.82) is 0 Å². The van der Waals surface area contributed by atoms with Crippen molar-refractivity contribution >= 4 is 6.29 Å². The smallest absolute Gasteiger partial charge is 0.151 e. The molecule has 0 unspecified atom stereocenters. The van der Waals surface area contributed by atoms with E-state index in [1.165, 1.54) is 0 Å². The SMILES string of the molecule is CC[C@@H](OCc1ccccc1)[C@H](OCc1ccccc1)[C@@H](C=O)OCc1ccccc1. The fourth-order valence-corrected chi connectivity index (χ4v) is 3.38. The number of benzene rings is 3. The number of hydrogen-bond donors (Lipinski definition) is 0. The molecule has 0 bridgehead atoms. The highest BCUT2D eigenvalue weighted by atomic mass is 16.6. The molecule has 0 saturated heterocycles. The van der Waals surface area contributed by atoms with E-state index in [0.29, 0.717) is 26.2 Å². The van der Waals surface area contributed by atoms with Gasteiger partial charge in [0.2, 0.25) is 0 Å². The van der Waals surface area contributed by atoms with Gasteiger partial charge in [-0.25, -0.2) is 0 Å². The van der Waals surface area contributed by atoms with Crippen LogP contribution < -0.4 is 0 Å². The maximum absolute atomic E-state index is 12.0. The highest BCUT2D eigenvalue weighted by Gasteiger charge is 2.31. The van der Waals surface area contributed by atoms with Crippen LogP contribution in [-0.2, 0) is 38.8 Å². The van der Waals surface area contributed by atoms with Crippen LogP contribution in [0.15, 0.2) is 91.0 Å². The Hall–Kier alpha value is -2.79. The van der Waals surface area contributed by atoms with E-state index in [4.69, 9.17) is 14.2 Å². The molecule has 3 aromatic rings. The van der Waals surface area contributed by atoms with Gasteiger partial charge in [-0.2, -0.15) is 0 Å². The molecule has 0 aliphatic rings. The second-order valence-electron chi connectivity index (χ2n) is 7.40. The van der Waals surface area contributed by atoms with Crippen LogP contribution in [0.2, 0.25) is 0 Å². The Morgan fingerprint density at radius 1 is 0.645 bits per heavy atom. The molecule has 3 rings (SSSR count). The van der Waals surface area contributed by atoms with Crippen LogP contribution in [0.5, 0.6) is 0 Å². The summed E-state index contributed by atoms with van der Waals surface area (Å²) in [4.78, 5) is 12.0. The molecule has 0 fully saturated rings. The van der Waals surface area contributed by atoms with Crippen molar-refractivity contribution in [2.24, 2.45) is 0 Å². The Morgan fingerprint density at radius 2 is 1.06 bits per heavy atom. The molecule has 3 atom stereocenters. The fourth-order valence-electron chi connectivity index (χ4n) is 3.38. The third-order valence-corrected chi connectivity index (χ3v) is 5.10. The Morgan fingerprint density at radius 3 is 1.48 bits per heavy atom. The Bertz CT molecular complexity index is 868. The highest BCUT2D eigenvalue weighted by Crippen LogP contribution is 2.19. The van der Waals surface area contributed by atoms with Gasteiger partial charge in [0.05, 0.1) is 25.9 Å². The molecule has 0 amide bonds. The van der Waals surface area contributed by atoms with Gasteiger partial charge in [-0.05, 0) is 23.1 Å². The monoisotopic (exact) mass is 418 g/mol. The van der Waals surface area contributed by atoms with Gasteiger partial charge in [0.1, 0.15) is 12.2 Å². The molecule has 31 heavy (non-hydrogen) atoms. The van der Waals surface area contributed by atoms with Crippen molar-refractivity contribution in [3.05, 3.63) is 108 Å². The second kappa shape index (κ2) is 12.8. The van der Waals surface area contributed by atoms with E-state index in [-0.39, 0.29) is 6.10 Å². The first-order chi connectivity index (χ1) is 15.3. The van der Waals surface area contributed by atoms with Crippen LogP contribution in [-0.4, -0.2) is 24.6 Å². The molecule has 4 heteroatoms. The topological polar surface area (TPSA) is 44.8 Å². The lowest BCUT2D eigenvalue weighted by molar-refractivity contribution is -0.159. The Labute approximate surface area is 184 Å². The summed E-state index contributed by atoms with van der Waals surface area (Å²) in [6.07, 6.45) is -0.00646. The maximum Gasteiger partial charge on any atom is 0.151 e. The number of aldehydes is 1. The van der Waals surface area contributed by atoms with E-state index < -0.39 is 12.2 Å². The van der Waals surface area contributed by atoms with E-state index in [0.717, 1.165) is 23.0 Å². The number of ether oxygens (including phenoxy) is 3. The van der Waals surface area contributed by atoms with Gasteiger partial charge in [-0.1, -0.05) is 97.9 Å². The lowest BCUT2D eigenvalue weighted by Crippen LogP contribution is -2.43. The lowest BCUT2D eigenvalue weighted by Gasteiger charge is -2.31. The van der Waals surface area contributed by atoms with E-state index in [9.17, 15) is 4.79 Å². The van der Waals surface area contributed by atoms with E-state index in [1.54, 1.807) is 0 Å². The fraction of sp³-hybridized carbons (Fsp3) is 0.296. The predicted octanol–water partition coefficient (Wildman–Crippen LogP) is 5.35. The molecule has 162 valence electrons. The molecule has 0 aromatic heterocycles. The molecule has 0 radical (unpaired) electrons. The van der Waals surface area contributed by atoms with Gasteiger partial charge in [0, 0.05) is 0 Å². The number of carbonyl (C=O) groups excluding carboxylic acids is 1. The minimum Gasteiger partial charge on any atom is -0.371 e. The van der Waals surface area contributed by atoms with Gasteiger partial charge < -0.3 is 19.0 Å². The van der Waals surface area contributed by atoms with Gasteiger partial charge in [0.15, 0.2) is 6.29 Å². The first-order valence-corrected chi connectivity index (χ1v) is 10.7. The minimum absolute atomic E-state index is 0.283. The van der Waals surface area contributed by atoms with Crippen molar-refractivity contribution in [3.63, 3.8) is 0 Å². The van der Waals surface area contributed by atoms with E-state index >= 15 is 0 Å². The van der Waals surface area contributed by atoms with E-state index in [1.807, 2.05) is 97.9 Å². The van der Waals surface area contributed by atoms with Crippen molar-refractivity contribution in [3.8, 4) is 0 Å². The van der Waals surface area contributed by atoms with Crippen molar-refractivity contribution in [2.75, 3.05) is 0 Å². The number of hydrogen-bond acceptors (Lipinski definition) is 4. The molecule has 0 spiro atoms. The number of rotatable bonds is 13. The van der Waals surface area contributed by atoms with Gasteiger partial charge in [-0.3, -0.25) is 0 Å². The van der Waals surface area contributed by atoms with Crippen LogP contribution in [0.4, 0.5) is 0 Å². The zero-order valence-electron chi connectivity index (χ0n) is 17.9. The third-order valence-electron chi connectivity index (χ3n) is 5.10. The number of carbonyl (C=O) groups is 1. The molecule has 0 aliphatic heterocycles. The highest BCUT2D eigenvalue weighted by molar-refractivity contribution is 5.57. The normalized spacial score (nSPS) is 14.0. The molecular weight excluding hydrogens is 388 g/mol. The molecule has 0 aliphatic carbocycles. The lowest BCUT2D eigenvalue weighted by atomic mass is 10.1. The average Bonchev–Trinajstić information content (AvgIpc) is 2.84. The summed E-state index contributed by atoms with van der Waals surface area (Å²) in [5.41, 5.74) is 3.13. The van der Waals surface area contributed by atoms with Crippen molar-refractivity contribution < 1.29 is 19.0 Å². The van der Waals surface area contributed by atoms with Crippen LogP contribution in [0.1, 0.15) is 30.0 Å². The summed E-state index contributed by atoms with van der Waals surface area (Å²) < 4.78 is 18.4. The largest absolute Gasteiger partial charge is 0.371 e. The van der Waals surface area contributed by atoms with Gasteiger partial charge in [0.25, 0.3) is 0 Å². The summed E-state index contributed by atoms with van der Waals surface area (Å²) in [5.74, 6) is 0. The van der Waals surface area contributed by atoms with Crippen molar-refractivity contribution in [1.82, 2.24) is 0 Å². The maximum atomic E-state index is 12.0. The molecule has 3 aromatic carbocycles. The summed E-state index contributed by atoms with van der Waals surface area (Å²) in [7, 11) is 0.